The van der Waals surface area contributed by atoms with Crippen LogP contribution in [0.5, 0.6) is 0 Å². The van der Waals surface area contributed by atoms with Crippen molar-refractivity contribution in [3.05, 3.63) is 35.4 Å². The summed E-state index contributed by atoms with van der Waals surface area (Å²) in [6, 6.07) is 7.80. The number of amides is 1. The topological polar surface area (TPSA) is 113 Å². The summed E-state index contributed by atoms with van der Waals surface area (Å²) >= 11 is 0. The van der Waals surface area contributed by atoms with Gasteiger partial charge in [0.25, 0.3) is 0 Å². The molecule has 0 saturated heterocycles. The normalized spacial score (nSPS) is 16.4. The standard InChI is InChI=1S/C23H33N5O2/c1-14-8-9-21-17(12-14)13-19(22(25)27-16(3)29)23(28-21)26-11-10-20(24)15(2)30-18-6-4-5-7-18/h8-9,12-13,15,18,20H,4-7,10-11,24H2,1-3H3,(H,26,28)(H2,25,27,29). The van der Waals surface area contributed by atoms with Crippen LogP contribution < -0.4 is 16.4 Å². The SMILES string of the molecule is CC(=O)NC(=N)c1cc2cc(C)ccc2nc1NCCC(N)C(C)OC1CCCC1. The molecule has 1 aliphatic carbocycles. The maximum Gasteiger partial charge on any atom is 0.222 e. The Labute approximate surface area is 178 Å². The molecule has 2 unspecified atom stereocenters. The second-order valence-electron chi connectivity index (χ2n) is 8.26. The first kappa shape index (κ1) is 22.2. The van der Waals surface area contributed by atoms with Gasteiger partial charge < -0.3 is 21.1 Å². The van der Waals surface area contributed by atoms with E-state index in [0.717, 1.165) is 29.3 Å². The summed E-state index contributed by atoms with van der Waals surface area (Å²) in [5, 5.41) is 15.1. The van der Waals surface area contributed by atoms with Crippen molar-refractivity contribution in [2.75, 3.05) is 11.9 Å². The molecule has 0 spiro atoms. The quantitative estimate of drug-likeness (QED) is 0.392. The lowest BCUT2D eigenvalue weighted by atomic mass is 10.1. The van der Waals surface area contributed by atoms with E-state index >= 15 is 0 Å². The minimum absolute atomic E-state index is 0.000383. The van der Waals surface area contributed by atoms with Crippen LogP contribution in [0.25, 0.3) is 10.9 Å². The van der Waals surface area contributed by atoms with Gasteiger partial charge in [0.05, 0.1) is 23.3 Å². The van der Waals surface area contributed by atoms with Crippen LogP contribution in [0.15, 0.2) is 24.3 Å². The molecule has 1 saturated carbocycles. The second kappa shape index (κ2) is 10.00. The lowest BCUT2D eigenvalue weighted by Gasteiger charge is -2.24. The predicted molar refractivity (Wildman–Crippen MR) is 121 cm³/mol. The van der Waals surface area contributed by atoms with E-state index in [1.165, 1.54) is 19.8 Å². The number of pyridine rings is 1. The van der Waals surface area contributed by atoms with Gasteiger partial charge in [-0.1, -0.05) is 24.5 Å². The molecule has 30 heavy (non-hydrogen) atoms. The van der Waals surface area contributed by atoms with E-state index < -0.39 is 0 Å². The first-order valence-electron chi connectivity index (χ1n) is 10.8. The van der Waals surface area contributed by atoms with Crippen LogP contribution in [0.4, 0.5) is 5.82 Å². The number of aryl methyl sites for hydroxylation is 1. The Morgan fingerprint density at radius 2 is 2.07 bits per heavy atom. The zero-order chi connectivity index (χ0) is 21.7. The number of nitrogens with one attached hydrogen (secondary N) is 3. The van der Waals surface area contributed by atoms with Crippen LogP contribution in [0.2, 0.25) is 0 Å². The van der Waals surface area contributed by atoms with Crippen molar-refractivity contribution >= 4 is 28.5 Å². The number of fused-ring (bicyclic) bond motifs is 1. The molecule has 1 heterocycles. The van der Waals surface area contributed by atoms with Crippen molar-refractivity contribution in [1.29, 1.82) is 5.41 Å². The molecule has 1 aliphatic rings. The number of amidine groups is 1. The second-order valence-corrected chi connectivity index (χ2v) is 8.26. The largest absolute Gasteiger partial charge is 0.374 e. The Bertz CT molecular complexity index is 908. The van der Waals surface area contributed by atoms with E-state index in [9.17, 15) is 4.79 Å². The van der Waals surface area contributed by atoms with Crippen molar-refractivity contribution in [2.45, 2.75) is 71.1 Å². The van der Waals surface area contributed by atoms with Gasteiger partial charge in [0, 0.05) is 24.9 Å². The van der Waals surface area contributed by atoms with E-state index in [1.807, 2.05) is 38.1 Å². The highest BCUT2D eigenvalue weighted by molar-refractivity contribution is 6.10. The smallest absolute Gasteiger partial charge is 0.222 e. The van der Waals surface area contributed by atoms with Crippen LogP contribution in [-0.2, 0) is 9.53 Å². The molecule has 0 radical (unpaired) electrons. The molecule has 1 aromatic carbocycles. The molecule has 162 valence electrons. The fourth-order valence-corrected chi connectivity index (χ4v) is 3.89. The van der Waals surface area contributed by atoms with E-state index in [4.69, 9.17) is 20.9 Å². The van der Waals surface area contributed by atoms with Crippen LogP contribution in [0.1, 0.15) is 57.1 Å². The summed E-state index contributed by atoms with van der Waals surface area (Å²) in [4.78, 5) is 16.1. The Morgan fingerprint density at radius 1 is 1.33 bits per heavy atom. The summed E-state index contributed by atoms with van der Waals surface area (Å²) in [6.45, 7) is 6.05. The molecule has 7 heteroatoms. The maximum atomic E-state index is 11.5. The minimum Gasteiger partial charge on any atom is -0.374 e. The number of carbonyl (C=O) groups excluding carboxylic acids is 1. The summed E-state index contributed by atoms with van der Waals surface area (Å²) in [5.74, 6) is 0.319. The summed E-state index contributed by atoms with van der Waals surface area (Å²) < 4.78 is 6.10. The highest BCUT2D eigenvalue weighted by Crippen LogP contribution is 2.24. The van der Waals surface area contributed by atoms with Gasteiger partial charge in [0.1, 0.15) is 11.7 Å². The fourth-order valence-electron chi connectivity index (χ4n) is 3.89. The molecule has 2 atom stereocenters. The molecule has 2 aromatic rings. The number of hydrogen-bond acceptors (Lipinski definition) is 6. The molecule has 0 aliphatic heterocycles. The lowest BCUT2D eigenvalue weighted by Crippen LogP contribution is -2.38. The molecule has 1 amide bonds. The average Bonchev–Trinajstić information content (AvgIpc) is 3.19. The molecule has 1 fully saturated rings. The van der Waals surface area contributed by atoms with Gasteiger partial charge >= 0.3 is 0 Å². The molecule has 5 N–H and O–H groups in total. The zero-order valence-corrected chi connectivity index (χ0v) is 18.1. The van der Waals surface area contributed by atoms with Crippen molar-refractivity contribution in [3.63, 3.8) is 0 Å². The van der Waals surface area contributed by atoms with Gasteiger partial charge in [0.15, 0.2) is 0 Å². The van der Waals surface area contributed by atoms with Gasteiger partial charge in [-0.3, -0.25) is 10.2 Å². The fraction of sp³-hybridized carbons (Fsp3) is 0.522. The van der Waals surface area contributed by atoms with Crippen LogP contribution >= 0.6 is 0 Å². The number of carbonyl (C=O) groups is 1. The van der Waals surface area contributed by atoms with Crippen molar-refractivity contribution < 1.29 is 9.53 Å². The highest BCUT2D eigenvalue weighted by Gasteiger charge is 2.22. The number of nitrogens with two attached hydrogens (primary N) is 1. The predicted octanol–water partition coefficient (Wildman–Crippen LogP) is 3.48. The molecule has 7 nitrogen and oxygen atoms in total. The van der Waals surface area contributed by atoms with E-state index in [0.29, 0.717) is 30.5 Å². The van der Waals surface area contributed by atoms with Crippen molar-refractivity contribution in [2.24, 2.45) is 5.73 Å². The Hall–Kier alpha value is -2.51. The summed E-state index contributed by atoms with van der Waals surface area (Å²) in [5.41, 5.74) is 8.86. The molecular weight excluding hydrogens is 378 g/mol. The van der Waals surface area contributed by atoms with Gasteiger partial charge in [-0.25, -0.2) is 4.98 Å². The van der Waals surface area contributed by atoms with Gasteiger partial charge in [-0.2, -0.15) is 0 Å². The summed E-state index contributed by atoms with van der Waals surface area (Å²) in [6.07, 6.45) is 5.80. The van der Waals surface area contributed by atoms with E-state index in [1.54, 1.807) is 0 Å². The van der Waals surface area contributed by atoms with Crippen LogP contribution in [0.3, 0.4) is 0 Å². The number of hydrogen-bond donors (Lipinski definition) is 4. The first-order chi connectivity index (χ1) is 14.3. The number of ether oxygens (including phenoxy) is 1. The minimum atomic E-state index is -0.282. The van der Waals surface area contributed by atoms with Crippen LogP contribution in [0, 0.1) is 12.3 Å². The van der Waals surface area contributed by atoms with E-state index in [2.05, 4.69) is 10.6 Å². The molecule has 0 bridgehead atoms. The number of benzene rings is 1. The number of anilines is 1. The first-order valence-corrected chi connectivity index (χ1v) is 10.8. The maximum absolute atomic E-state index is 11.5. The highest BCUT2D eigenvalue weighted by atomic mass is 16.5. The number of rotatable bonds is 8. The summed E-state index contributed by atoms with van der Waals surface area (Å²) in [7, 11) is 0. The third kappa shape index (κ3) is 5.77. The zero-order valence-electron chi connectivity index (χ0n) is 18.1. The molecule has 3 rings (SSSR count). The average molecular weight is 412 g/mol. The van der Waals surface area contributed by atoms with Crippen molar-refractivity contribution in [1.82, 2.24) is 10.3 Å². The Morgan fingerprint density at radius 3 is 2.77 bits per heavy atom. The van der Waals surface area contributed by atoms with Gasteiger partial charge in [-0.05, 0) is 51.3 Å². The Kier molecular flexibility index (Phi) is 7.39. The van der Waals surface area contributed by atoms with Crippen molar-refractivity contribution in [3.8, 4) is 0 Å². The third-order valence-electron chi connectivity index (χ3n) is 5.62. The van der Waals surface area contributed by atoms with Gasteiger partial charge in [-0.15, -0.1) is 0 Å². The third-order valence-corrected chi connectivity index (χ3v) is 5.62. The number of aromatic nitrogens is 1. The monoisotopic (exact) mass is 411 g/mol. The lowest BCUT2D eigenvalue weighted by molar-refractivity contribution is -0.117. The molecule has 1 aromatic heterocycles. The number of nitrogens with zero attached hydrogens (tertiary/aromatic N) is 1. The van der Waals surface area contributed by atoms with Gasteiger partial charge in [0.2, 0.25) is 5.91 Å². The Balaban J connectivity index is 1.69. The van der Waals surface area contributed by atoms with E-state index in [-0.39, 0.29) is 23.9 Å². The molecular formula is C23H33N5O2. The van der Waals surface area contributed by atoms with Crippen LogP contribution in [-0.4, -0.2) is 41.5 Å².